The largest absolute Gasteiger partial charge is 0.451 e. The number of benzene rings is 1. The van der Waals surface area contributed by atoms with Gasteiger partial charge in [-0.2, -0.15) is 5.10 Å². The van der Waals surface area contributed by atoms with Crippen LogP contribution in [0.15, 0.2) is 36.4 Å². The van der Waals surface area contributed by atoms with Crippen LogP contribution in [0, 0.1) is 0 Å². The second kappa shape index (κ2) is 9.35. The predicted octanol–water partition coefficient (Wildman–Crippen LogP) is 3.60. The van der Waals surface area contributed by atoms with Crippen molar-refractivity contribution in [1.29, 1.82) is 0 Å². The predicted molar refractivity (Wildman–Crippen MR) is 103 cm³/mol. The van der Waals surface area contributed by atoms with Crippen molar-refractivity contribution in [3.05, 3.63) is 47.8 Å². The molecule has 27 heavy (non-hydrogen) atoms. The number of carbonyl (C=O) groups is 2. The van der Waals surface area contributed by atoms with E-state index in [2.05, 4.69) is 17.3 Å². The number of hydrogen-bond acceptors (Lipinski definition) is 4. The van der Waals surface area contributed by atoms with Crippen molar-refractivity contribution >= 4 is 11.9 Å². The van der Waals surface area contributed by atoms with Crippen LogP contribution in [0.25, 0.3) is 5.69 Å². The van der Waals surface area contributed by atoms with Crippen LogP contribution in [0.3, 0.4) is 0 Å². The Balaban J connectivity index is 1.58. The summed E-state index contributed by atoms with van der Waals surface area (Å²) in [6.07, 6.45) is 6.55. The highest BCUT2D eigenvalue weighted by Gasteiger charge is 2.29. The number of esters is 1. The van der Waals surface area contributed by atoms with E-state index in [1.807, 2.05) is 30.3 Å². The summed E-state index contributed by atoms with van der Waals surface area (Å²) >= 11 is 0. The molecular weight excluding hydrogens is 342 g/mol. The van der Waals surface area contributed by atoms with Gasteiger partial charge in [0.2, 0.25) is 0 Å². The van der Waals surface area contributed by atoms with Gasteiger partial charge in [-0.3, -0.25) is 4.79 Å². The van der Waals surface area contributed by atoms with E-state index in [4.69, 9.17) is 4.74 Å². The number of aromatic nitrogens is 2. The summed E-state index contributed by atoms with van der Waals surface area (Å²) in [7, 11) is 0. The lowest BCUT2D eigenvalue weighted by molar-refractivity contribution is -0.124. The van der Waals surface area contributed by atoms with Crippen molar-refractivity contribution in [2.75, 3.05) is 13.2 Å². The summed E-state index contributed by atoms with van der Waals surface area (Å²) in [4.78, 5) is 24.4. The number of nitrogens with zero attached hydrogens (tertiary/aromatic N) is 2. The summed E-state index contributed by atoms with van der Waals surface area (Å²) in [6.45, 7) is 2.49. The van der Waals surface area contributed by atoms with Crippen molar-refractivity contribution in [2.45, 2.75) is 51.4 Å². The van der Waals surface area contributed by atoms with Gasteiger partial charge in [-0.05, 0) is 37.5 Å². The van der Waals surface area contributed by atoms with Gasteiger partial charge in [0.1, 0.15) is 0 Å². The van der Waals surface area contributed by atoms with Gasteiger partial charge in [0.25, 0.3) is 5.91 Å². The molecule has 0 radical (unpaired) electrons. The van der Waals surface area contributed by atoms with E-state index in [0.717, 1.165) is 49.9 Å². The van der Waals surface area contributed by atoms with Gasteiger partial charge < -0.3 is 10.1 Å². The molecule has 6 nitrogen and oxygen atoms in total. The van der Waals surface area contributed by atoms with Crippen LogP contribution < -0.4 is 5.32 Å². The topological polar surface area (TPSA) is 73.2 Å². The molecule has 0 bridgehead atoms. The molecule has 1 amide bonds. The number of amides is 1. The van der Waals surface area contributed by atoms with Crippen LogP contribution in [-0.2, 0) is 9.53 Å². The van der Waals surface area contributed by atoms with Crippen molar-refractivity contribution in [1.82, 2.24) is 15.1 Å². The summed E-state index contributed by atoms with van der Waals surface area (Å²) in [6, 6.07) is 11.3. The van der Waals surface area contributed by atoms with Crippen LogP contribution in [0.4, 0.5) is 0 Å². The average molecular weight is 369 g/mol. The van der Waals surface area contributed by atoms with Crippen LogP contribution in [0.5, 0.6) is 0 Å². The molecule has 1 N–H and O–H groups in total. The van der Waals surface area contributed by atoms with Gasteiger partial charge in [0.05, 0.1) is 11.4 Å². The molecule has 1 fully saturated rings. The molecule has 0 saturated heterocycles. The first kappa shape index (κ1) is 19.1. The van der Waals surface area contributed by atoms with Crippen LogP contribution in [0.2, 0.25) is 0 Å². The lowest BCUT2D eigenvalue weighted by Crippen LogP contribution is -2.30. The van der Waals surface area contributed by atoms with E-state index in [0.29, 0.717) is 18.2 Å². The number of rotatable bonds is 10. The molecule has 1 heterocycles. The number of para-hydroxylation sites is 1. The number of nitrogens with one attached hydrogen (secondary N) is 1. The molecule has 1 aromatic heterocycles. The SMILES string of the molecule is CCCCCCNC(=O)COC(=O)c1cc(C2CC2)nn1-c1ccccc1. The highest BCUT2D eigenvalue weighted by atomic mass is 16.5. The molecule has 1 aliphatic carbocycles. The number of ether oxygens (including phenoxy) is 1. The third-order valence-electron chi connectivity index (χ3n) is 4.62. The maximum absolute atomic E-state index is 12.6. The summed E-state index contributed by atoms with van der Waals surface area (Å²) in [5.74, 6) is -0.375. The van der Waals surface area contributed by atoms with Gasteiger partial charge in [-0.15, -0.1) is 0 Å². The van der Waals surface area contributed by atoms with Crippen LogP contribution in [-0.4, -0.2) is 34.8 Å². The minimum atomic E-state index is -0.528. The molecule has 0 aliphatic heterocycles. The van der Waals surface area contributed by atoms with E-state index in [9.17, 15) is 9.59 Å². The first-order valence-corrected chi connectivity index (χ1v) is 9.78. The van der Waals surface area contributed by atoms with E-state index >= 15 is 0 Å². The molecule has 144 valence electrons. The van der Waals surface area contributed by atoms with E-state index in [1.54, 1.807) is 10.7 Å². The smallest absolute Gasteiger partial charge is 0.357 e. The summed E-state index contributed by atoms with van der Waals surface area (Å²) in [5, 5.41) is 7.37. The Morgan fingerprint density at radius 1 is 1.19 bits per heavy atom. The number of carbonyl (C=O) groups excluding carboxylic acids is 2. The number of unbranched alkanes of at least 4 members (excludes halogenated alkanes) is 3. The Bertz CT molecular complexity index is 766. The van der Waals surface area contributed by atoms with Gasteiger partial charge in [-0.25, -0.2) is 9.48 Å². The maximum atomic E-state index is 12.6. The standard InChI is InChI=1S/C21H27N3O3/c1-2-3-4-8-13-22-20(25)15-27-21(26)19-14-18(16-11-12-16)23-24(19)17-9-6-5-7-10-17/h5-7,9-10,14,16H,2-4,8,11-13,15H2,1H3,(H,22,25). The molecule has 0 unspecified atom stereocenters. The fraction of sp³-hybridized carbons (Fsp3) is 0.476. The first-order valence-electron chi connectivity index (χ1n) is 9.78. The zero-order valence-corrected chi connectivity index (χ0v) is 15.8. The zero-order valence-electron chi connectivity index (χ0n) is 15.8. The third kappa shape index (κ3) is 5.42. The van der Waals surface area contributed by atoms with E-state index < -0.39 is 5.97 Å². The molecule has 2 aromatic rings. The second-order valence-electron chi connectivity index (χ2n) is 6.96. The molecule has 1 aromatic carbocycles. The number of hydrogen-bond donors (Lipinski definition) is 1. The second-order valence-corrected chi connectivity index (χ2v) is 6.96. The van der Waals surface area contributed by atoms with Gasteiger partial charge in [0, 0.05) is 12.5 Å². The van der Waals surface area contributed by atoms with Crippen LogP contribution >= 0.6 is 0 Å². The lowest BCUT2D eigenvalue weighted by Gasteiger charge is -2.08. The summed E-state index contributed by atoms with van der Waals surface area (Å²) < 4.78 is 6.84. The van der Waals surface area contributed by atoms with Crippen molar-refractivity contribution in [3.8, 4) is 5.69 Å². The highest BCUT2D eigenvalue weighted by molar-refractivity contribution is 5.90. The minimum Gasteiger partial charge on any atom is -0.451 e. The average Bonchev–Trinajstić information content (AvgIpc) is 3.45. The fourth-order valence-corrected chi connectivity index (χ4v) is 2.93. The zero-order chi connectivity index (χ0) is 19.1. The molecule has 1 aliphatic rings. The normalized spacial score (nSPS) is 13.4. The van der Waals surface area contributed by atoms with Gasteiger partial charge in [-0.1, -0.05) is 44.4 Å². The molecule has 0 atom stereocenters. The van der Waals surface area contributed by atoms with Crippen LogP contribution in [0.1, 0.15) is 67.5 Å². The summed E-state index contributed by atoms with van der Waals surface area (Å²) in [5.41, 5.74) is 2.07. The van der Waals surface area contributed by atoms with Crippen molar-refractivity contribution in [2.24, 2.45) is 0 Å². The molecule has 3 rings (SSSR count). The first-order chi connectivity index (χ1) is 13.2. The quantitative estimate of drug-likeness (QED) is 0.513. The minimum absolute atomic E-state index is 0.270. The van der Waals surface area contributed by atoms with Gasteiger partial charge in [0.15, 0.2) is 12.3 Å². The van der Waals surface area contributed by atoms with Crippen molar-refractivity contribution in [3.63, 3.8) is 0 Å². The highest BCUT2D eigenvalue weighted by Crippen LogP contribution is 2.39. The Labute approximate surface area is 159 Å². The lowest BCUT2D eigenvalue weighted by atomic mass is 10.2. The Morgan fingerprint density at radius 2 is 1.96 bits per heavy atom. The molecule has 6 heteroatoms. The molecule has 0 spiro atoms. The van der Waals surface area contributed by atoms with Crippen molar-refractivity contribution < 1.29 is 14.3 Å². The maximum Gasteiger partial charge on any atom is 0.357 e. The Hall–Kier alpha value is -2.63. The van der Waals surface area contributed by atoms with E-state index in [-0.39, 0.29) is 12.5 Å². The van der Waals surface area contributed by atoms with E-state index in [1.165, 1.54) is 0 Å². The Morgan fingerprint density at radius 3 is 2.67 bits per heavy atom. The third-order valence-corrected chi connectivity index (χ3v) is 4.62. The van der Waals surface area contributed by atoms with Gasteiger partial charge >= 0.3 is 5.97 Å². The monoisotopic (exact) mass is 369 g/mol. The Kier molecular flexibility index (Phi) is 6.63. The molecular formula is C21H27N3O3. The fourth-order valence-electron chi connectivity index (χ4n) is 2.93. The molecule has 1 saturated carbocycles.